The number of rotatable bonds is 3. The van der Waals surface area contributed by atoms with Crippen LogP contribution in [-0.2, 0) is 11.2 Å². The number of anilines is 1. The van der Waals surface area contributed by atoms with Gasteiger partial charge in [0.25, 0.3) is 0 Å². The molecule has 0 bridgehead atoms. The van der Waals surface area contributed by atoms with Crippen molar-refractivity contribution in [2.45, 2.75) is 12.5 Å². The molecule has 0 aliphatic heterocycles. The lowest BCUT2D eigenvalue weighted by atomic mass is 10.1. The van der Waals surface area contributed by atoms with Crippen LogP contribution in [0, 0.1) is 5.82 Å². The van der Waals surface area contributed by atoms with Crippen LogP contribution in [0.15, 0.2) is 18.2 Å². The summed E-state index contributed by atoms with van der Waals surface area (Å²) in [7, 11) is 0. The van der Waals surface area contributed by atoms with Crippen LogP contribution in [0.3, 0.4) is 0 Å². The fourth-order valence-electron chi connectivity index (χ4n) is 1.06. The molecular formula is C9H11FN2O2. The molecule has 0 aliphatic rings. The van der Waals surface area contributed by atoms with Crippen molar-refractivity contribution >= 4 is 11.7 Å². The highest BCUT2D eigenvalue weighted by molar-refractivity contribution is 5.73. The number of halogens is 1. The van der Waals surface area contributed by atoms with Crippen LogP contribution in [0.25, 0.3) is 0 Å². The van der Waals surface area contributed by atoms with E-state index in [0.717, 1.165) is 0 Å². The highest BCUT2D eigenvalue weighted by Gasteiger charge is 2.12. The molecule has 4 nitrogen and oxygen atoms in total. The summed E-state index contributed by atoms with van der Waals surface area (Å²) in [4.78, 5) is 10.4. The van der Waals surface area contributed by atoms with E-state index < -0.39 is 17.8 Å². The molecule has 0 spiro atoms. The van der Waals surface area contributed by atoms with E-state index in [0.29, 0.717) is 5.56 Å². The number of nitrogens with two attached hydrogens (primary N) is 2. The number of carboxylic acid groups (broad SMARTS) is 1. The first-order chi connectivity index (χ1) is 6.50. The molecule has 0 saturated heterocycles. The molecule has 0 fully saturated rings. The van der Waals surface area contributed by atoms with Crippen molar-refractivity contribution in [3.05, 3.63) is 29.6 Å². The molecule has 76 valence electrons. The van der Waals surface area contributed by atoms with E-state index in [-0.39, 0.29) is 12.1 Å². The Morgan fingerprint density at radius 3 is 2.71 bits per heavy atom. The fourth-order valence-corrected chi connectivity index (χ4v) is 1.06. The van der Waals surface area contributed by atoms with Gasteiger partial charge in [-0.1, -0.05) is 6.07 Å². The maximum Gasteiger partial charge on any atom is 0.320 e. The topological polar surface area (TPSA) is 89.3 Å². The van der Waals surface area contributed by atoms with Gasteiger partial charge in [-0.15, -0.1) is 0 Å². The van der Waals surface area contributed by atoms with Gasteiger partial charge >= 0.3 is 5.97 Å². The first-order valence-corrected chi connectivity index (χ1v) is 4.03. The van der Waals surface area contributed by atoms with Crippen molar-refractivity contribution in [3.8, 4) is 0 Å². The molecule has 1 aromatic rings. The summed E-state index contributed by atoms with van der Waals surface area (Å²) in [5.41, 5.74) is 11.2. The Morgan fingerprint density at radius 1 is 1.57 bits per heavy atom. The van der Waals surface area contributed by atoms with Gasteiger partial charge in [0, 0.05) is 0 Å². The Balaban J connectivity index is 2.78. The zero-order valence-corrected chi connectivity index (χ0v) is 7.40. The van der Waals surface area contributed by atoms with Crippen LogP contribution < -0.4 is 11.5 Å². The second-order valence-corrected chi connectivity index (χ2v) is 3.00. The Kier molecular flexibility index (Phi) is 3.03. The van der Waals surface area contributed by atoms with Gasteiger partial charge < -0.3 is 16.6 Å². The maximum absolute atomic E-state index is 12.7. The lowest BCUT2D eigenvalue weighted by Crippen LogP contribution is -2.32. The monoisotopic (exact) mass is 198 g/mol. The van der Waals surface area contributed by atoms with E-state index in [1.165, 1.54) is 18.2 Å². The smallest absolute Gasteiger partial charge is 0.320 e. The molecule has 0 aromatic heterocycles. The second-order valence-electron chi connectivity index (χ2n) is 3.00. The number of aliphatic carboxylic acids is 1. The van der Waals surface area contributed by atoms with E-state index in [1.54, 1.807) is 0 Å². The normalized spacial score (nSPS) is 12.4. The van der Waals surface area contributed by atoms with Crippen molar-refractivity contribution < 1.29 is 14.3 Å². The molecule has 14 heavy (non-hydrogen) atoms. The standard InChI is InChI=1S/C9H11FN2O2/c10-6-2-1-5(3-7(6)11)4-8(12)9(13)14/h1-3,8H,4,11-12H2,(H,13,14)/t8-/m0/s1. The molecule has 5 heteroatoms. The Morgan fingerprint density at radius 2 is 2.21 bits per heavy atom. The minimum Gasteiger partial charge on any atom is -0.480 e. The molecule has 0 radical (unpaired) electrons. The average Bonchev–Trinajstić information content (AvgIpc) is 2.11. The molecular weight excluding hydrogens is 187 g/mol. The molecule has 0 amide bonds. The van der Waals surface area contributed by atoms with Crippen LogP contribution in [0.5, 0.6) is 0 Å². The number of benzene rings is 1. The van der Waals surface area contributed by atoms with Gasteiger partial charge in [0.05, 0.1) is 5.69 Å². The number of carboxylic acids is 1. The Labute approximate surface area is 80.3 Å². The first-order valence-electron chi connectivity index (χ1n) is 4.03. The maximum atomic E-state index is 12.7. The van der Waals surface area contributed by atoms with Crippen LogP contribution in [0.1, 0.15) is 5.56 Å². The molecule has 5 N–H and O–H groups in total. The zero-order chi connectivity index (χ0) is 10.7. The van der Waals surface area contributed by atoms with E-state index in [9.17, 15) is 9.18 Å². The summed E-state index contributed by atoms with van der Waals surface area (Å²) in [6.07, 6.45) is 0.139. The second kappa shape index (κ2) is 4.06. The Bertz CT molecular complexity index is 355. The molecule has 0 saturated carbocycles. The van der Waals surface area contributed by atoms with Crippen molar-refractivity contribution in [2.24, 2.45) is 5.73 Å². The van der Waals surface area contributed by atoms with Crippen LogP contribution in [0.4, 0.5) is 10.1 Å². The summed E-state index contributed by atoms with van der Waals surface area (Å²) in [6, 6.07) is 3.06. The highest BCUT2D eigenvalue weighted by Crippen LogP contribution is 2.13. The van der Waals surface area contributed by atoms with Crippen molar-refractivity contribution in [1.29, 1.82) is 0 Å². The molecule has 1 rings (SSSR count). The van der Waals surface area contributed by atoms with Gasteiger partial charge in [0.15, 0.2) is 0 Å². The third-order valence-corrected chi connectivity index (χ3v) is 1.83. The quantitative estimate of drug-likeness (QED) is 0.612. The van der Waals surface area contributed by atoms with E-state index in [4.69, 9.17) is 16.6 Å². The number of nitrogen functional groups attached to an aromatic ring is 1. The number of hydrogen-bond acceptors (Lipinski definition) is 3. The summed E-state index contributed by atoms with van der Waals surface area (Å²) < 4.78 is 12.7. The van der Waals surface area contributed by atoms with Crippen molar-refractivity contribution in [1.82, 2.24) is 0 Å². The van der Waals surface area contributed by atoms with Gasteiger partial charge in [-0.3, -0.25) is 4.79 Å². The van der Waals surface area contributed by atoms with Gasteiger partial charge in [-0.2, -0.15) is 0 Å². The van der Waals surface area contributed by atoms with Gasteiger partial charge in [0.1, 0.15) is 11.9 Å². The molecule has 0 unspecified atom stereocenters. The molecule has 1 atom stereocenters. The van der Waals surface area contributed by atoms with Gasteiger partial charge in [-0.05, 0) is 24.1 Å². The minimum atomic E-state index is -1.09. The van der Waals surface area contributed by atoms with Crippen LogP contribution in [-0.4, -0.2) is 17.1 Å². The Hall–Kier alpha value is -1.62. The lowest BCUT2D eigenvalue weighted by molar-refractivity contribution is -0.138. The van der Waals surface area contributed by atoms with E-state index in [1.807, 2.05) is 0 Å². The van der Waals surface area contributed by atoms with Gasteiger partial charge in [0.2, 0.25) is 0 Å². The van der Waals surface area contributed by atoms with Crippen molar-refractivity contribution in [2.75, 3.05) is 5.73 Å². The lowest BCUT2D eigenvalue weighted by Gasteiger charge is -2.07. The molecule has 0 aliphatic carbocycles. The number of hydrogen-bond donors (Lipinski definition) is 3. The summed E-state index contributed by atoms with van der Waals surface area (Å²) in [6.45, 7) is 0. The zero-order valence-electron chi connectivity index (χ0n) is 7.40. The van der Waals surface area contributed by atoms with Crippen LogP contribution in [0.2, 0.25) is 0 Å². The summed E-state index contributed by atoms with van der Waals surface area (Å²) in [5, 5.41) is 8.54. The minimum absolute atomic E-state index is 0.0000822. The van der Waals surface area contributed by atoms with Crippen molar-refractivity contribution in [3.63, 3.8) is 0 Å². The predicted molar refractivity (Wildman–Crippen MR) is 50.1 cm³/mol. The van der Waals surface area contributed by atoms with E-state index in [2.05, 4.69) is 0 Å². The largest absolute Gasteiger partial charge is 0.480 e. The predicted octanol–water partition coefficient (Wildman–Crippen LogP) is 0.362. The molecule has 0 heterocycles. The highest BCUT2D eigenvalue weighted by atomic mass is 19.1. The van der Waals surface area contributed by atoms with Gasteiger partial charge in [-0.25, -0.2) is 4.39 Å². The SMILES string of the molecule is Nc1cc(C[C@H](N)C(=O)O)ccc1F. The third kappa shape index (κ3) is 2.43. The van der Waals surface area contributed by atoms with E-state index >= 15 is 0 Å². The average molecular weight is 198 g/mol. The molecule has 1 aromatic carbocycles. The summed E-state index contributed by atoms with van der Waals surface area (Å²) >= 11 is 0. The fraction of sp³-hybridized carbons (Fsp3) is 0.222. The third-order valence-electron chi connectivity index (χ3n) is 1.83. The summed E-state index contributed by atoms with van der Waals surface area (Å²) in [5.74, 6) is -1.61. The first kappa shape index (κ1) is 10.5. The number of carbonyl (C=O) groups is 1. The van der Waals surface area contributed by atoms with Crippen LogP contribution >= 0.6 is 0 Å².